The smallest absolute Gasteiger partial charge is 0.257 e. The van der Waals surface area contributed by atoms with Crippen LogP contribution < -0.4 is 5.32 Å². The Hall–Kier alpha value is -1.58. The van der Waals surface area contributed by atoms with Crippen molar-refractivity contribution >= 4 is 11.6 Å². The van der Waals surface area contributed by atoms with Crippen molar-refractivity contribution in [2.75, 3.05) is 18.4 Å². The van der Waals surface area contributed by atoms with Crippen molar-refractivity contribution in [1.29, 1.82) is 0 Å². The molecule has 1 aliphatic carbocycles. The number of aryl methyl sites for hydroxylation is 1. The topological polar surface area (TPSA) is 45.2 Å². The first-order chi connectivity index (χ1) is 9.69. The maximum absolute atomic E-state index is 12.8. The lowest BCUT2D eigenvalue weighted by molar-refractivity contribution is 0.0704. The van der Waals surface area contributed by atoms with Crippen molar-refractivity contribution in [2.45, 2.75) is 45.6 Å². The number of nitrogens with one attached hydrogen (secondary N) is 1. The molecule has 2 heterocycles. The quantitative estimate of drug-likeness (QED) is 0.917. The first-order valence-electron chi connectivity index (χ1n) is 7.70. The number of piperidine rings is 1. The fourth-order valence-electron chi connectivity index (χ4n) is 3.46. The van der Waals surface area contributed by atoms with Gasteiger partial charge in [0.15, 0.2) is 0 Å². The largest absolute Gasteiger partial charge is 0.384 e. The lowest BCUT2D eigenvalue weighted by Gasteiger charge is -2.27. The van der Waals surface area contributed by atoms with E-state index in [4.69, 9.17) is 0 Å². The van der Waals surface area contributed by atoms with E-state index < -0.39 is 0 Å². The van der Waals surface area contributed by atoms with Crippen LogP contribution in [0.1, 0.15) is 48.7 Å². The number of amides is 1. The van der Waals surface area contributed by atoms with Crippen molar-refractivity contribution in [3.8, 4) is 0 Å². The molecule has 1 saturated carbocycles. The van der Waals surface area contributed by atoms with E-state index in [1.165, 1.54) is 19.3 Å². The second-order valence-corrected chi connectivity index (χ2v) is 6.09. The average molecular weight is 273 g/mol. The van der Waals surface area contributed by atoms with E-state index in [1.54, 1.807) is 6.20 Å². The molecular formula is C16H23N3O. The van der Waals surface area contributed by atoms with E-state index >= 15 is 0 Å². The Morgan fingerprint density at radius 3 is 3.00 bits per heavy atom. The van der Waals surface area contributed by atoms with Crippen LogP contribution in [0.5, 0.6) is 0 Å². The van der Waals surface area contributed by atoms with Crippen molar-refractivity contribution in [1.82, 2.24) is 9.88 Å². The Balaban J connectivity index is 1.83. The summed E-state index contributed by atoms with van der Waals surface area (Å²) in [5.74, 6) is 0.887. The molecule has 2 atom stereocenters. The SMILES string of the molecule is CCCNc1cc(C)ncc1C(=O)N1CC2CCC1C2. The number of pyridine rings is 1. The maximum atomic E-state index is 12.8. The zero-order valence-corrected chi connectivity index (χ0v) is 12.4. The van der Waals surface area contributed by atoms with Gasteiger partial charge in [-0.25, -0.2) is 0 Å². The molecule has 1 aliphatic heterocycles. The third kappa shape index (κ3) is 2.39. The summed E-state index contributed by atoms with van der Waals surface area (Å²) in [4.78, 5) is 19.2. The van der Waals surface area contributed by atoms with Gasteiger partial charge in [0.1, 0.15) is 0 Å². The van der Waals surface area contributed by atoms with Gasteiger partial charge < -0.3 is 10.2 Å². The molecule has 4 heteroatoms. The third-order valence-electron chi connectivity index (χ3n) is 4.51. The van der Waals surface area contributed by atoms with Gasteiger partial charge in [0.25, 0.3) is 5.91 Å². The van der Waals surface area contributed by atoms with Gasteiger partial charge in [-0.15, -0.1) is 0 Å². The lowest BCUT2D eigenvalue weighted by Crippen LogP contribution is -2.38. The zero-order valence-electron chi connectivity index (χ0n) is 12.4. The van der Waals surface area contributed by atoms with Gasteiger partial charge in [-0.05, 0) is 44.6 Å². The minimum atomic E-state index is 0.156. The summed E-state index contributed by atoms with van der Waals surface area (Å²) in [5, 5.41) is 3.36. The van der Waals surface area contributed by atoms with Gasteiger partial charge in [-0.1, -0.05) is 6.92 Å². The molecule has 1 saturated heterocycles. The van der Waals surface area contributed by atoms with E-state index in [9.17, 15) is 4.79 Å². The summed E-state index contributed by atoms with van der Waals surface area (Å²) in [5.41, 5.74) is 2.62. The summed E-state index contributed by atoms with van der Waals surface area (Å²) >= 11 is 0. The molecule has 2 fully saturated rings. The van der Waals surface area contributed by atoms with Crippen molar-refractivity contribution in [3.05, 3.63) is 23.5 Å². The Labute approximate surface area is 120 Å². The van der Waals surface area contributed by atoms with E-state index in [0.717, 1.165) is 42.4 Å². The fraction of sp³-hybridized carbons (Fsp3) is 0.625. The number of hydrogen-bond donors (Lipinski definition) is 1. The normalized spacial score (nSPS) is 24.2. The van der Waals surface area contributed by atoms with Gasteiger partial charge in [-0.2, -0.15) is 0 Å². The number of aromatic nitrogens is 1. The molecule has 0 spiro atoms. The number of anilines is 1. The molecule has 108 valence electrons. The van der Waals surface area contributed by atoms with Crippen molar-refractivity contribution in [2.24, 2.45) is 5.92 Å². The van der Waals surface area contributed by atoms with Crippen LogP contribution >= 0.6 is 0 Å². The summed E-state index contributed by atoms with van der Waals surface area (Å²) < 4.78 is 0. The van der Waals surface area contributed by atoms with Gasteiger partial charge in [-0.3, -0.25) is 9.78 Å². The highest BCUT2D eigenvalue weighted by atomic mass is 16.2. The van der Waals surface area contributed by atoms with E-state index in [1.807, 2.05) is 13.0 Å². The Kier molecular flexibility index (Phi) is 3.64. The van der Waals surface area contributed by atoms with Gasteiger partial charge in [0.2, 0.25) is 0 Å². The summed E-state index contributed by atoms with van der Waals surface area (Å²) in [6, 6.07) is 2.45. The highest BCUT2D eigenvalue weighted by Crippen LogP contribution is 2.38. The molecule has 1 aromatic heterocycles. The van der Waals surface area contributed by atoms with Gasteiger partial charge in [0, 0.05) is 31.0 Å². The average Bonchev–Trinajstić information content (AvgIpc) is 3.07. The Morgan fingerprint density at radius 2 is 2.35 bits per heavy atom. The standard InChI is InChI=1S/C16H23N3O/c1-3-6-17-15-7-11(2)18-9-14(15)16(20)19-10-12-4-5-13(19)8-12/h7,9,12-13H,3-6,8,10H2,1-2H3,(H,17,18). The number of rotatable bonds is 4. The zero-order chi connectivity index (χ0) is 14.1. The highest BCUT2D eigenvalue weighted by Gasteiger charge is 2.40. The fourth-order valence-corrected chi connectivity index (χ4v) is 3.46. The Bertz CT molecular complexity index is 514. The Morgan fingerprint density at radius 1 is 1.50 bits per heavy atom. The first kappa shape index (κ1) is 13.4. The summed E-state index contributed by atoms with van der Waals surface area (Å²) in [6.07, 6.45) is 6.45. The molecule has 3 rings (SSSR count). The molecule has 2 unspecified atom stereocenters. The van der Waals surface area contributed by atoms with E-state index in [-0.39, 0.29) is 5.91 Å². The monoisotopic (exact) mass is 273 g/mol. The molecule has 1 N–H and O–H groups in total. The third-order valence-corrected chi connectivity index (χ3v) is 4.51. The summed E-state index contributed by atoms with van der Waals surface area (Å²) in [7, 11) is 0. The lowest BCUT2D eigenvalue weighted by atomic mass is 10.1. The number of nitrogens with zero attached hydrogens (tertiary/aromatic N) is 2. The minimum Gasteiger partial charge on any atom is -0.384 e. The van der Waals surface area contributed by atoms with Crippen LogP contribution in [0.2, 0.25) is 0 Å². The molecule has 4 nitrogen and oxygen atoms in total. The number of likely N-dealkylation sites (tertiary alicyclic amines) is 1. The second kappa shape index (κ2) is 5.43. The molecular weight excluding hydrogens is 250 g/mol. The van der Waals surface area contributed by atoms with Gasteiger partial charge in [0.05, 0.1) is 11.3 Å². The highest BCUT2D eigenvalue weighted by molar-refractivity contribution is 5.99. The molecule has 20 heavy (non-hydrogen) atoms. The molecule has 0 radical (unpaired) electrons. The number of fused-ring (bicyclic) bond motifs is 2. The van der Waals surface area contributed by atoms with Crippen LogP contribution in [0.3, 0.4) is 0 Å². The van der Waals surface area contributed by atoms with Crippen LogP contribution in [0.25, 0.3) is 0 Å². The van der Waals surface area contributed by atoms with Crippen LogP contribution in [-0.4, -0.2) is 34.9 Å². The molecule has 2 aliphatic rings. The van der Waals surface area contributed by atoms with E-state index in [0.29, 0.717) is 6.04 Å². The molecule has 1 aromatic rings. The van der Waals surface area contributed by atoms with Crippen LogP contribution in [0.4, 0.5) is 5.69 Å². The first-order valence-corrected chi connectivity index (χ1v) is 7.70. The molecule has 1 amide bonds. The predicted octanol–water partition coefficient (Wildman–Crippen LogP) is 2.84. The van der Waals surface area contributed by atoms with Crippen LogP contribution in [0, 0.1) is 12.8 Å². The van der Waals surface area contributed by atoms with Crippen LogP contribution in [0.15, 0.2) is 12.3 Å². The van der Waals surface area contributed by atoms with E-state index in [2.05, 4.69) is 22.1 Å². The van der Waals surface area contributed by atoms with Crippen molar-refractivity contribution in [3.63, 3.8) is 0 Å². The minimum absolute atomic E-state index is 0.156. The number of carbonyl (C=O) groups is 1. The molecule has 2 bridgehead atoms. The van der Waals surface area contributed by atoms with Crippen molar-refractivity contribution < 1.29 is 4.79 Å². The second-order valence-electron chi connectivity index (χ2n) is 6.09. The number of carbonyl (C=O) groups excluding carboxylic acids is 1. The summed E-state index contributed by atoms with van der Waals surface area (Å²) in [6.45, 7) is 5.91. The molecule has 0 aromatic carbocycles. The predicted molar refractivity (Wildman–Crippen MR) is 79.9 cm³/mol. The van der Waals surface area contributed by atoms with Gasteiger partial charge >= 0.3 is 0 Å². The maximum Gasteiger partial charge on any atom is 0.257 e. The number of hydrogen-bond acceptors (Lipinski definition) is 3. The van der Waals surface area contributed by atoms with Crippen LogP contribution in [-0.2, 0) is 0 Å².